The molecule has 92 valence electrons. The minimum Gasteiger partial charge on any atom is -0.487 e. The standard InChI is InChI=1S/C10H19N3OS2/c1-4-14-8-9(11)13-16-10(8)12-5-7(2)6-15-3/h7,12H,4-6H2,1-3H3,(H2,11,13). The first kappa shape index (κ1) is 13.4. The van der Waals surface area contributed by atoms with Gasteiger partial charge in [0, 0.05) is 6.54 Å². The lowest BCUT2D eigenvalue weighted by molar-refractivity contribution is 0.344. The van der Waals surface area contributed by atoms with Gasteiger partial charge in [0.25, 0.3) is 0 Å². The molecular formula is C10H19N3OS2. The van der Waals surface area contributed by atoms with Gasteiger partial charge in [0.2, 0.25) is 0 Å². The Morgan fingerprint density at radius 3 is 3.00 bits per heavy atom. The van der Waals surface area contributed by atoms with Gasteiger partial charge in [-0.1, -0.05) is 6.92 Å². The highest BCUT2D eigenvalue weighted by atomic mass is 32.2. The summed E-state index contributed by atoms with van der Waals surface area (Å²) in [6.07, 6.45) is 2.12. The van der Waals surface area contributed by atoms with Crippen LogP contribution in [0, 0.1) is 5.92 Å². The van der Waals surface area contributed by atoms with Crippen LogP contribution in [0.15, 0.2) is 0 Å². The number of nitrogen functional groups attached to an aromatic ring is 1. The Labute approximate surface area is 105 Å². The van der Waals surface area contributed by atoms with Crippen LogP contribution in [0.5, 0.6) is 5.75 Å². The Bertz CT molecular complexity index is 317. The fraction of sp³-hybridized carbons (Fsp3) is 0.700. The Hall–Kier alpha value is -0.620. The molecule has 0 saturated carbocycles. The number of thioether (sulfide) groups is 1. The first-order chi connectivity index (χ1) is 7.69. The third kappa shape index (κ3) is 3.75. The van der Waals surface area contributed by atoms with Crippen LogP contribution in [0.25, 0.3) is 0 Å². The van der Waals surface area contributed by atoms with E-state index >= 15 is 0 Å². The second-order valence-electron chi connectivity index (χ2n) is 3.60. The van der Waals surface area contributed by atoms with Crippen LogP contribution in [0.3, 0.4) is 0 Å². The van der Waals surface area contributed by atoms with E-state index in [1.54, 1.807) is 0 Å². The molecule has 1 heterocycles. The van der Waals surface area contributed by atoms with Crippen molar-refractivity contribution >= 4 is 34.1 Å². The summed E-state index contributed by atoms with van der Waals surface area (Å²) in [5.41, 5.74) is 5.72. The molecule has 1 atom stereocenters. The molecule has 0 saturated heterocycles. The average Bonchev–Trinajstić information content (AvgIpc) is 2.59. The minimum absolute atomic E-state index is 0.479. The van der Waals surface area contributed by atoms with E-state index in [2.05, 4.69) is 22.9 Å². The van der Waals surface area contributed by atoms with Gasteiger partial charge in [0.1, 0.15) is 0 Å². The first-order valence-electron chi connectivity index (χ1n) is 5.29. The van der Waals surface area contributed by atoms with Crippen LogP contribution in [0.1, 0.15) is 13.8 Å². The number of nitrogens with zero attached hydrogens (tertiary/aromatic N) is 1. The monoisotopic (exact) mass is 261 g/mol. The van der Waals surface area contributed by atoms with Crippen molar-refractivity contribution in [3.8, 4) is 5.75 Å². The van der Waals surface area contributed by atoms with Crippen LogP contribution in [-0.4, -0.2) is 29.5 Å². The highest BCUT2D eigenvalue weighted by molar-refractivity contribution is 7.98. The van der Waals surface area contributed by atoms with E-state index in [4.69, 9.17) is 10.5 Å². The molecule has 16 heavy (non-hydrogen) atoms. The van der Waals surface area contributed by atoms with E-state index in [0.29, 0.717) is 24.1 Å². The molecular weight excluding hydrogens is 242 g/mol. The number of nitrogens with one attached hydrogen (secondary N) is 1. The molecule has 0 aliphatic heterocycles. The predicted octanol–water partition coefficient (Wildman–Crippen LogP) is 2.54. The molecule has 1 aromatic rings. The highest BCUT2D eigenvalue weighted by Crippen LogP contribution is 2.35. The summed E-state index contributed by atoms with van der Waals surface area (Å²) in [4.78, 5) is 0. The van der Waals surface area contributed by atoms with Gasteiger partial charge < -0.3 is 15.8 Å². The lowest BCUT2D eigenvalue weighted by Crippen LogP contribution is -2.13. The molecule has 4 nitrogen and oxygen atoms in total. The van der Waals surface area contributed by atoms with Crippen molar-refractivity contribution in [3.05, 3.63) is 0 Å². The van der Waals surface area contributed by atoms with Crippen molar-refractivity contribution in [1.29, 1.82) is 0 Å². The van der Waals surface area contributed by atoms with Gasteiger partial charge in [-0.2, -0.15) is 16.1 Å². The third-order valence-electron chi connectivity index (χ3n) is 2.03. The van der Waals surface area contributed by atoms with Crippen LogP contribution >= 0.6 is 23.3 Å². The molecule has 0 aromatic carbocycles. The number of nitrogens with two attached hydrogens (primary N) is 1. The Morgan fingerprint density at radius 2 is 2.38 bits per heavy atom. The molecule has 0 aliphatic rings. The normalized spacial score (nSPS) is 12.4. The summed E-state index contributed by atoms with van der Waals surface area (Å²) in [7, 11) is 0. The summed E-state index contributed by atoms with van der Waals surface area (Å²) < 4.78 is 9.54. The van der Waals surface area contributed by atoms with Gasteiger partial charge in [-0.05, 0) is 36.4 Å². The SMILES string of the molecule is CCOc1c(N)nsc1NCC(C)CSC. The van der Waals surface area contributed by atoms with E-state index in [9.17, 15) is 0 Å². The van der Waals surface area contributed by atoms with Gasteiger partial charge in [-0.25, -0.2) is 0 Å². The molecule has 0 fully saturated rings. The fourth-order valence-corrected chi connectivity index (χ4v) is 2.65. The molecule has 0 radical (unpaired) electrons. The summed E-state index contributed by atoms with van der Waals surface area (Å²) in [5.74, 6) is 2.94. The van der Waals surface area contributed by atoms with Crippen LogP contribution in [0.4, 0.5) is 10.8 Å². The van der Waals surface area contributed by atoms with Crippen molar-refractivity contribution in [3.63, 3.8) is 0 Å². The summed E-state index contributed by atoms with van der Waals surface area (Å²) in [6.45, 7) is 5.69. The minimum atomic E-state index is 0.479. The molecule has 6 heteroatoms. The van der Waals surface area contributed by atoms with Gasteiger partial charge >= 0.3 is 0 Å². The second-order valence-corrected chi connectivity index (χ2v) is 5.28. The van der Waals surface area contributed by atoms with Crippen LogP contribution in [-0.2, 0) is 0 Å². The topological polar surface area (TPSA) is 60.2 Å². The molecule has 0 aliphatic carbocycles. The average molecular weight is 261 g/mol. The van der Waals surface area contributed by atoms with Crippen molar-refractivity contribution in [2.24, 2.45) is 5.92 Å². The zero-order valence-electron chi connectivity index (χ0n) is 9.95. The molecule has 0 spiro atoms. The maximum atomic E-state index is 5.72. The fourth-order valence-electron chi connectivity index (χ4n) is 1.30. The molecule has 0 amide bonds. The summed E-state index contributed by atoms with van der Waals surface area (Å²) in [6, 6.07) is 0. The third-order valence-corrected chi connectivity index (χ3v) is 3.73. The van der Waals surface area contributed by atoms with Gasteiger partial charge in [0.15, 0.2) is 16.6 Å². The number of ether oxygens (including phenoxy) is 1. The molecule has 1 unspecified atom stereocenters. The van der Waals surface area contributed by atoms with E-state index < -0.39 is 0 Å². The molecule has 1 aromatic heterocycles. The summed E-state index contributed by atoms with van der Waals surface area (Å²) in [5, 5.41) is 4.28. The zero-order valence-corrected chi connectivity index (χ0v) is 11.6. The molecule has 1 rings (SSSR count). The van der Waals surface area contributed by atoms with Crippen LogP contribution < -0.4 is 15.8 Å². The Balaban J connectivity index is 2.52. The highest BCUT2D eigenvalue weighted by Gasteiger charge is 2.12. The van der Waals surface area contributed by atoms with Crippen LogP contribution in [0.2, 0.25) is 0 Å². The van der Waals surface area contributed by atoms with E-state index in [1.807, 2.05) is 18.7 Å². The number of aromatic nitrogens is 1. The zero-order chi connectivity index (χ0) is 12.0. The number of anilines is 2. The first-order valence-corrected chi connectivity index (χ1v) is 7.46. The largest absolute Gasteiger partial charge is 0.487 e. The predicted molar refractivity (Wildman–Crippen MR) is 73.7 cm³/mol. The van der Waals surface area contributed by atoms with Crippen molar-refractivity contribution in [2.75, 3.05) is 36.2 Å². The number of rotatable bonds is 7. The Morgan fingerprint density at radius 1 is 1.62 bits per heavy atom. The maximum Gasteiger partial charge on any atom is 0.197 e. The van der Waals surface area contributed by atoms with E-state index in [0.717, 1.165) is 17.3 Å². The van der Waals surface area contributed by atoms with E-state index in [-0.39, 0.29) is 0 Å². The van der Waals surface area contributed by atoms with Gasteiger partial charge in [-0.3, -0.25) is 0 Å². The number of hydrogen-bond acceptors (Lipinski definition) is 6. The second kappa shape index (κ2) is 6.85. The van der Waals surface area contributed by atoms with Crippen molar-refractivity contribution < 1.29 is 4.74 Å². The smallest absolute Gasteiger partial charge is 0.197 e. The quantitative estimate of drug-likeness (QED) is 0.790. The van der Waals surface area contributed by atoms with Gasteiger partial charge in [-0.15, -0.1) is 0 Å². The summed E-state index contributed by atoms with van der Waals surface area (Å²) >= 11 is 3.21. The molecule has 3 N–H and O–H groups in total. The maximum absolute atomic E-state index is 5.72. The Kier molecular flexibility index (Phi) is 5.76. The van der Waals surface area contributed by atoms with Gasteiger partial charge in [0.05, 0.1) is 6.61 Å². The lowest BCUT2D eigenvalue weighted by Gasteiger charge is -2.12. The van der Waals surface area contributed by atoms with Crippen molar-refractivity contribution in [2.45, 2.75) is 13.8 Å². The molecule has 0 bridgehead atoms. The van der Waals surface area contributed by atoms with E-state index in [1.165, 1.54) is 11.5 Å². The van der Waals surface area contributed by atoms with Crippen molar-refractivity contribution in [1.82, 2.24) is 4.37 Å². The lowest BCUT2D eigenvalue weighted by atomic mass is 10.2. The number of hydrogen-bond donors (Lipinski definition) is 2.